The molecule has 0 fully saturated rings. The van der Waals surface area contributed by atoms with E-state index >= 15 is 0 Å². The summed E-state index contributed by atoms with van der Waals surface area (Å²) in [5.74, 6) is -0.731. The van der Waals surface area contributed by atoms with Crippen LogP contribution >= 0.6 is 0 Å². The van der Waals surface area contributed by atoms with E-state index in [1.165, 1.54) is 89.9 Å². The second kappa shape index (κ2) is 23.3. The van der Waals surface area contributed by atoms with Gasteiger partial charge in [0.1, 0.15) is 0 Å². The number of carbonyl (C=O) groups is 1. The van der Waals surface area contributed by atoms with Crippen LogP contribution in [-0.4, -0.2) is 65.7 Å². The number of carboxylic acids is 1. The fraction of sp³-hybridized carbons (Fsp3) is 0.962. The van der Waals surface area contributed by atoms with Crippen molar-refractivity contribution in [1.82, 2.24) is 4.90 Å². The highest BCUT2D eigenvalue weighted by molar-refractivity contribution is 6.60. The first-order valence-electron chi connectivity index (χ1n) is 13.6. The molecule has 6 nitrogen and oxygen atoms in total. The Morgan fingerprint density at radius 1 is 0.636 bits per heavy atom. The van der Waals surface area contributed by atoms with Crippen molar-refractivity contribution in [2.75, 3.05) is 41.0 Å². The first-order chi connectivity index (χ1) is 16.0. The Balaban J connectivity index is 3.79. The zero-order valence-corrected chi connectivity index (χ0v) is 23.4. The standard InChI is InChI=1S/C26H55NO5Si/c1-5-6-7-8-9-10-11-12-13-14-15-16-17-18-19-22-27(24-21-26(28)29)23-20-25-33(30-2,31-3)32-4/h5-25H2,1-4H3,(H,28,29). The van der Waals surface area contributed by atoms with Gasteiger partial charge in [0, 0.05) is 33.9 Å². The topological polar surface area (TPSA) is 68.2 Å². The lowest BCUT2D eigenvalue weighted by Gasteiger charge is -2.26. The largest absolute Gasteiger partial charge is 0.500 e. The second-order valence-corrected chi connectivity index (χ2v) is 12.4. The first-order valence-corrected chi connectivity index (χ1v) is 15.6. The molecule has 0 saturated heterocycles. The summed E-state index contributed by atoms with van der Waals surface area (Å²) in [6, 6.07) is 0.749. The van der Waals surface area contributed by atoms with Gasteiger partial charge in [-0.25, -0.2) is 0 Å². The maximum absolute atomic E-state index is 11.0. The highest BCUT2D eigenvalue weighted by atomic mass is 28.4. The van der Waals surface area contributed by atoms with E-state index < -0.39 is 14.8 Å². The maximum atomic E-state index is 11.0. The van der Waals surface area contributed by atoms with E-state index in [9.17, 15) is 4.79 Å². The predicted molar refractivity (Wildman–Crippen MR) is 140 cm³/mol. The molecule has 33 heavy (non-hydrogen) atoms. The van der Waals surface area contributed by atoms with Crippen LogP contribution in [0.2, 0.25) is 6.04 Å². The molecule has 0 heterocycles. The lowest BCUT2D eigenvalue weighted by Crippen LogP contribution is -2.43. The van der Waals surface area contributed by atoms with Gasteiger partial charge in [0.2, 0.25) is 0 Å². The Morgan fingerprint density at radius 3 is 1.42 bits per heavy atom. The highest BCUT2D eigenvalue weighted by Gasteiger charge is 2.37. The molecule has 0 radical (unpaired) electrons. The fourth-order valence-electron chi connectivity index (χ4n) is 4.37. The lowest BCUT2D eigenvalue weighted by atomic mass is 10.0. The van der Waals surface area contributed by atoms with Gasteiger partial charge in [-0.1, -0.05) is 96.8 Å². The smallest absolute Gasteiger partial charge is 0.481 e. The molecule has 0 aromatic heterocycles. The van der Waals surface area contributed by atoms with E-state index in [0.29, 0.717) is 6.54 Å². The molecule has 0 aliphatic heterocycles. The first kappa shape index (κ1) is 32.5. The molecular weight excluding hydrogens is 434 g/mol. The lowest BCUT2D eigenvalue weighted by molar-refractivity contribution is -0.137. The van der Waals surface area contributed by atoms with Gasteiger partial charge < -0.3 is 23.3 Å². The van der Waals surface area contributed by atoms with Gasteiger partial charge in [0.05, 0.1) is 6.42 Å². The van der Waals surface area contributed by atoms with Gasteiger partial charge in [-0.2, -0.15) is 0 Å². The molecule has 0 aliphatic rings. The van der Waals surface area contributed by atoms with Crippen LogP contribution in [0.4, 0.5) is 0 Å². The van der Waals surface area contributed by atoms with Crippen LogP contribution in [0.3, 0.4) is 0 Å². The number of carboxylic acid groups (broad SMARTS) is 1. The minimum Gasteiger partial charge on any atom is -0.481 e. The molecule has 0 unspecified atom stereocenters. The Hall–Kier alpha value is -0.473. The molecule has 7 heteroatoms. The molecule has 0 bridgehead atoms. The normalized spacial score (nSPS) is 12.0. The number of rotatable bonds is 26. The maximum Gasteiger partial charge on any atom is 0.500 e. The van der Waals surface area contributed by atoms with E-state index in [2.05, 4.69) is 11.8 Å². The van der Waals surface area contributed by atoms with Gasteiger partial charge in [-0.05, 0) is 25.9 Å². The van der Waals surface area contributed by atoms with Crippen LogP contribution in [-0.2, 0) is 18.1 Å². The van der Waals surface area contributed by atoms with E-state index in [1.54, 1.807) is 21.3 Å². The summed E-state index contributed by atoms with van der Waals surface area (Å²) in [7, 11) is 2.36. The summed E-state index contributed by atoms with van der Waals surface area (Å²) >= 11 is 0. The number of nitrogens with zero attached hydrogens (tertiary/aromatic N) is 1. The van der Waals surface area contributed by atoms with E-state index in [1.807, 2.05) is 0 Å². The van der Waals surface area contributed by atoms with Crippen molar-refractivity contribution in [3.63, 3.8) is 0 Å². The summed E-state index contributed by atoms with van der Waals surface area (Å²) < 4.78 is 16.5. The third kappa shape index (κ3) is 19.5. The molecule has 0 saturated carbocycles. The minimum atomic E-state index is -2.55. The zero-order chi connectivity index (χ0) is 24.6. The number of hydrogen-bond acceptors (Lipinski definition) is 5. The van der Waals surface area contributed by atoms with Crippen molar-refractivity contribution in [2.45, 2.75) is 122 Å². The second-order valence-electron chi connectivity index (χ2n) is 9.33. The van der Waals surface area contributed by atoms with Crippen molar-refractivity contribution in [3.05, 3.63) is 0 Å². The summed E-state index contributed by atoms with van der Waals surface area (Å²) in [6.45, 7) is 4.71. The van der Waals surface area contributed by atoms with Crippen LogP contribution in [0.1, 0.15) is 116 Å². The molecule has 0 aliphatic carbocycles. The van der Waals surface area contributed by atoms with Gasteiger partial charge in [-0.15, -0.1) is 0 Å². The van der Waals surface area contributed by atoms with Crippen molar-refractivity contribution >= 4 is 14.8 Å². The SMILES string of the molecule is CCCCCCCCCCCCCCCCCN(CCC[Si](OC)(OC)OC)CCC(=O)O. The molecular formula is C26H55NO5Si. The van der Waals surface area contributed by atoms with Crippen LogP contribution in [0.5, 0.6) is 0 Å². The van der Waals surface area contributed by atoms with Gasteiger partial charge in [0.25, 0.3) is 0 Å². The number of hydrogen-bond donors (Lipinski definition) is 1. The molecule has 0 rings (SSSR count). The van der Waals surface area contributed by atoms with Crippen LogP contribution in [0.25, 0.3) is 0 Å². The molecule has 0 amide bonds. The minimum absolute atomic E-state index is 0.195. The van der Waals surface area contributed by atoms with Crippen LogP contribution in [0, 0.1) is 0 Å². The molecule has 0 aromatic carbocycles. The van der Waals surface area contributed by atoms with Crippen molar-refractivity contribution in [3.8, 4) is 0 Å². The molecule has 0 spiro atoms. The van der Waals surface area contributed by atoms with Crippen molar-refractivity contribution < 1.29 is 23.2 Å². The third-order valence-electron chi connectivity index (χ3n) is 6.61. The third-order valence-corrected chi connectivity index (χ3v) is 9.44. The van der Waals surface area contributed by atoms with Crippen LogP contribution < -0.4 is 0 Å². The summed E-state index contributed by atoms with van der Waals surface area (Å²) in [6.07, 6.45) is 21.5. The average Bonchev–Trinajstić information content (AvgIpc) is 2.82. The van der Waals surface area contributed by atoms with E-state index in [0.717, 1.165) is 32.0 Å². The summed E-state index contributed by atoms with van der Waals surface area (Å²) in [5, 5.41) is 9.06. The zero-order valence-electron chi connectivity index (χ0n) is 22.4. The van der Waals surface area contributed by atoms with E-state index in [4.69, 9.17) is 18.4 Å². The van der Waals surface area contributed by atoms with Gasteiger partial charge >= 0.3 is 14.8 Å². The van der Waals surface area contributed by atoms with Crippen LogP contribution in [0.15, 0.2) is 0 Å². The number of aliphatic carboxylic acids is 1. The van der Waals surface area contributed by atoms with Gasteiger partial charge in [0.15, 0.2) is 0 Å². The monoisotopic (exact) mass is 489 g/mol. The summed E-state index contributed by atoms with van der Waals surface area (Å²) in [4.78, 5) is 13.3. The number of unbranched alkanes of at least 4 members (excludes halogenated alkanes) is 14. The molecule has 1 N–H and O–H groups in total. The highest BCUT2D eigenvalue weighted by Crippen LogP contribution is 2.16. The Kier molecular flexibility index (Phi) is 22.9. The summed E-state index contributed by atoms with van der Waals surface area (Å²) in [5.41, 5.74) is 0. The molecule has 198 valence electrons. The predicted octanol–water partition coefficient (Wildman–Crippen LogP) is 6.90. The average molecular weight is 490 g/mol. The molecule has 0 atom stereocenters. The Labute approximate surface area is 206 Å². The fourth-order valence-corrected chi connectivity index (χ4v) is 6.07. The quantitative estimate of drug-likeness (QED) is 0.105. The Morgan fingerprint density at radius 2 is 1.03 bits per heavy atom. The van der Waals surface area contributed by atoms with Gasteiger partial charge in [-0.3, -0.25) is 4.79 Å². The Bertz CT molecular complexity index is 427. The van der Waals surface area contributed by atoms with Crippen molar-refractivity contribution in [1.29, 1.82) is 0 Å². The van der Waals surface area contributed by atoms with Crippen molar-refractivity contribution in [2.24, 2.45) is 0 Å². The van der Waals surface area contributed by atoms with E-state index in [-0.39, 0.29) is 6.42 Å². The molecule has 0 aromatic rings.